The van der Waals surface area contributed by atoms with Crippen LogP contribution < -0.4 is 5.32 Å². The molecule has 3 atom stereocenters. The van der Waals surface area contributed by atoms with E-state index in [0.29, 0.717) is 16.5 Å². The van der Waals surface area contributed by atoms with E-state index < -0.39 is 0 Å². The number of benzene rings is 1. The van der Waals surface area contributed by atoms with E-state index in [1.165, 1.54) is 12.8 Å². The van der Waals surface area contributed by atoms with Gasteiger partial charge in [0.2, 0.25) is 0 Å². The van der Waals surface area contributed by atoms with Gasteiger partial charge in [-0.1, -0.05) is 25.4 Å². The van der Waals surface area contributed by atoms with Gasteiger partial charge in [-0.3, -0.25) is 4.79 Å². The second kappa shape index (κ2) is 6.19. The van der Waals surface area contributed by atoms with Gasteiger partial charge in [0.1, 0.15) is 0 Å². The van der Waals surface area contributed by atoms with Crippen LogP contribution in [0, 0.1) is 11.8 Å². The minimum atomic E-state index is -0.0905. The molecule has 1 N–H and O–H groups in total. The summed E-state index contributed by atoms with van der Waals surface area (Å²) in [4.78, 5) is 13.0. The smallest absolute Gasteiger partial charge is 0.253 e. The van der Waals surface area contributed by atoms with Crippen molar-refractivity contribution in [1.82, 2.24) is 5.32 Å². The molecule has 1 fully saturated rings. The number of nitrogens with one attached hydrogen (secondary N) is 1. The van der Waals surface area contributed by atoms with E-state index in [0.717, 1.165) is 17.2 Å². The Balaban J connectivity index is 2.06. The molecule has 0 aromatic heterocycles. The minimum absolute atomic E-state index is 0.0905. The monoisotopic (exact) mass is 297 g/mol. The predicted molar refractivity (Wildman–Crippen MR) is 82.1 cm³/mol. The Morgan fingerprint density at radius 3 is 2.79 bits per heavy atom. The maximum absolute atomic E-state index is 12.3. The first-order chi connectivity index (χ1) is 8.97. The van der Waals surface area contributed by atoms with Crippen LogP contribution in [0.25, 0.3) is 0 Å². The molecule has 4 heteroatoms. The summed E-state index contributed by atoms with van der Waals surface area (Å²) >= 11 is 10.3. The van der Waals surface area contributed by atoms with Crippen molar-refractivity contribution in [2.24, 2.45) is 11.8 Å². The highest BCUT2D eigenvalue weighted by atomic mass is 35.5. The van der Waals surface area contributed by atoms with Gasteiger partial charge in [0.15, 0.2) is 0 Å². The summed E-state index contributed by atoms with van der Waals surface area (Å²) in [6.45, 7) is 4.48. The van der Waals surface area contributed by atoms with Gasteiger partial charge in [0.25, 0.3) is 5.91 Å². The van der Waals surface area contributed by atoms with E-state index in [2.05, 4.69) is 31.8 Å². The number of carbonyl (C=O) groups is 1. The third-order valence-corrected chi connectivity index (χ3v) is 4.55. The largest absolute Gasteiger partial charge is 0.349 e. The van der Waals surface area contributed by atoms with E-state index in [-0.39, 0.29) is 11.9 Å². The second-order valence-corrected chi connectivity index (χ2v) is 6.56. The van der Waals surface area contributed by atoms with Gasteiger partial charge in [0, 0.05) is 10.9 Å². The Labute approximate surface area is 125 Å². The van der Waals surface area contributed by atoms with Crippen LogP contribution in [0.3, 0.4) is 0 Å². The fourth-order valence-electron chi connectivity index (χ4n) is 2.81. The van der Waals surface area contributed by atoms with Gasteiger partial charge in [0.05, 0.1) is 10.6 Å². The molecule has 1 aliphatic rings. The second-order valence-electron chi connectivity index (χ2n) is 5.64. The van der Waals surface area contributed by atoms with Crippen molar-refractivity contribution in [2.75, 3.05) is 0 Å². The van der Waals surface area contributed by atoms with Crippen LogP contribution in [-0.4, -0.2) is 11.9 Å². The summed E-state index contributed by atoms with van der Waals surface area (Å²) in [6, 6.07) is 5.47. The van der Waals surface area contributed by atoms with Gasteiger partial charge in [-0.25, -0.2) is 0 Å². The van der Waals surface area contributed by atoms with Crippen LogP contribution in [0.2, 0.25) is 5.02 Å². The van der Waals surface area contributed by atoms with Crippen molar-refractivity contribution in [1.29, 1.82) is 0 Å². The number of hydrogen-bond acceptors (Lipinski definition) is 2. The molecule has 0 radical (unpaired) electrons. The first-order valence-electron chi connectivity index (χ1n) is 6.76. The highest BCUT2D eigenvalue weighted by molar-refractivity contribution is 7.80. The molecule has 19 heavy (non-hydrogen) atoms. The average molecular weight is 298 g/mol. The third kappa shape index (κ3) is 3.67. The van der Waals surface area contributed by atoms with E-state index >= 15 is 0 Å². The number of carbonyl (C=O) groups excluding carboxylic acids is 1. The summed E-state index contributed by atoms with van der Waals surface area (Å²) < 4.78 is 0. The zero-order valence-electron chi connectivity index (χ0n) is 11.3. The molecule has 1 aromatic rings. The van der Waals surface area contributed by atoms with Crippen molar-refractivity contribution >= 4 is 30.1 Å². The first kappa shape index (κ1) is 14.7. The lowest BCUT2D eigenvalue weighted by Crippen LogP contribution is -2.42. The molecule has 1 aromatic carbocycles. The first-order valence-corrected chi connectivity index (χ1v) is 7.59. The normalized spacial score (nSPS) is 27.1. The van der Waals surface area contributed by atoms with Gasteiger partial charge in [-0.2, -0.15) is 0 Å². The molecule has 2 rings (SSSR count). The Hall–Kier alpha value is -0.670. The summed E-state index contributed by atoms with van der Waals surface area (Å²) in [5.74, 6) is 1.19. The number of hydrogen-bond donors (Lipinski definition) is 2. The zero-order chi connectivity index (χ0) is 14.0. The summed E-state index contributed by atoms with van der Waals surface area (Å²) in [5.41, 5.74) is 0.514. The maximum Gasteiger partial charge on any atom is 0.253 e. The standard InChI is InChI=1S/C15H20ClNOS/c1-9-3-6-14(10(2)7-9)17-15(18)12-8-11(19)4-5-13(12)16/h4-5,8-10,14,19H,3,6-7H2,1-2H3,(H,17,18). The number of amides is 1. The third-order valence-electron chi connectivity index (χ3n) is 3.94. The van der Waals surface area contributed by atoms with Gasteiger partial charge in [-0.15, -0.1) is 12.6 Å². The summed E-state index contributed by atoms with van der Waals surface area (Å²) in [5, 5.41) is 3.60. The van der Waals surface area contributed by atoms with Gasteiger partial charge in [-0.05, 0) is 49.3 Å². The van der Waals surface area contributed by atoms with Crippen molar-refractivity contribution in [3.63, 3.8) is 0 Å². The number of rotatable bonds is 2. The molecular formula is C15H20ClNOS. The fourth-order valence-corrected chi connectivity index (χ4v) is 3.22. The Bertz CT molecular complexity index is 477. The molecule has 3 unspecified atom stereocenters. The van der Waals surface area contributed by atoms with Gasteiger partial charge < -0.3 is 5.32 Å². The van der Waals surface area contributed by atoms with Crippen LogP contribution in [0.4, 0.5) is 0 Å². The van der Waals surface area contributed by atoms with Crippen LogP contribution in [0.1, 0.15) is 43.5 Å². The van der Waals surface area contributed by atoms with Crippen molar-refractivity contribution in [2.45, 2.75) is 44.0 Å². The minimum Gasteiger partial charge on any atom is -0.349 e. The lowest BCUT2D eigenvalue weighted by molar-refractivity contribution is 0.0899. The molecule has 2 nitrogen and oxygen atoms in total. The Morgan fingerprint density at radius 2 is 2.11 bits per heavy atom. The quantitative estimate of drug-likeness (QED) is 0.788. The van der Waals surface area contributed by atoms with Gasteiger partial charge >= 0.3 is 0 Å². The Kier molecular flexibility index (Phi) is 4.80. The van der Waals surface area contributed by atoms with Crippen molar-refractivity contribution in [3.8, 4) is 0 Å². The predicted octanol–water partition coefficient (Wildman–Crippen LogP) is 4.18. The Morgan fingerprint density at radius 1 is 1.37 bits per heavy atom. The number of halogens is 1. The molecule has 0 aliphatic heterocycles. The highest BCUT2D eigenvalue weighted by Gasteiger charge is 2.27. The molecular weight excluding hydrogens is 278 g/mol. The fraction of sp³-hybridized carbons (Fsp3) is 0.533. The maximum atomic E-state index is 12.3. The van der Waals surface area contributed by atoms with E-state index in [9.17, 15) is 4.79 Å². The SMILES string of the molecule is CC1CCC(NC(=O)c2cc(S)ccc2Cl)C(C)C1. The molecule has 0 saturated heterocycles. The van der Waals surface area contributed by atoms with Crippen LogP contribution in [0.5, 0.6) is 0 Å². The summed E-state index contributed by atoms with van der Waals surface area (Å²) in [7, 11) is 0. The van der Waals surface area contributed by atoms with Crippen LogP contribution in [0.15, 0.2) is 23.1 Å². The molecule has 0 spiro atoms. The number of thiol groups is 1. The molecule has 1 saturated carbocycles. The van der Waals surface area contributed by atoms with E-state index in [4.69, 9.17) is 11.6 Å². The van der Waals surface area contributed by atoms with E-state index in [1.807, 2.05) is 0 Å². The van der Waals surface area contributed by atoms with Crippen molar-refractivity contribution < 1.29 is 4.79 Å². The molecule has 0 bridgehead atoms. The topological polar surface area (TPSA) is 29.1 Å². The molecule has 1 aliphatic carbocycles. The molecule has 1 amide bonds. The van der Waals surface area contributed by atoms with Crippen molar-refractivity contribution in [3.05, 3.63) is 28.8 Å². The lowest BCUT2D eigenvalue weighted by Gasteiger charge is -2.33. The van der Waals surface area contributed by atoms with Crippen LogP contribution in [-0.2, 0) is 0 Å². The highest BCUT2D eigenvalue weighted by Crippen LogP contribution is 2.29. The summed E-state index contributed by atoms with van der Waals surface area (Å²) in [6.07, 6.45) is 3.40. The van der Waals surface area contributed by atoms with Crippen LogP contribution >= 0.6 is 24.2 Å². The average Bonchev–Trinajstić information content (AvgIpc) is 2.35. The molecule has 104 valence electrons. The lowest BCUT2D eigenvalue weighted by atomic mass is 9.80. The van der Waals surface area contributed by atoms with E-state index in [1.54, 1.807) is 18.2 Å². The molecule has 0 heterocycles. The zero-order valence-corrected chi connectivity index (χ0v) is 13.0.